The van der Waals surface area contributed by atoms with Crippen molar-refractivity contribution < 1.29 is 28.5 Å². The van der Waals surface area contributed by atoms with Gasteiger partial charge in [-0.25, -0.2) is 0 Å². The fourth-order valence-electron chi connectivity index (χ4n) is 3.30. The molecule has 2 unspecified atom stereocenters. The lowest BCUT2D eigenvalue weighted by Crippen LogP contribution is -3.00. The van der Waals surface area contributed by atoms with Crippen LogP contribution in [0.4, 0.5) is 0 Å². The van der Waals surface area contributed by atoms with E-state index in [1.54, 1.807) is 0 Å². The van der Waals surface area contributed by atoms with E-state index in [1.807, 2.05) is 0 Å². The number of unbranched alkanes of at least 4 members (excludes halogenated alkanes) is 1. The van der Waals surface area contributed by atoms with Crippen molar-refractivity contribution >= 4 is 0 Å². The Morgan fingerprint density at radius 3 is 2.13 bits per heavy atom. The number of hydrogen-bond donors (Lipinski definition) is 0. The first-order chi connectivity index (χ1) is 6.73. The summed E-state index contributed by atoms with van der Waals surface area (Å²) in [7, 11) is 2.47. The van der Waals surface area contributed by atoms with Crippen LogP contribution in [0.2, 0.25) is 0 Å². The Balaban J connectivity index is 0.00000112. The molecule has 88 valence electrons. The number of rotatable bonds is 3. The minimum absolute atomic E-state index is 0. The van der Waals surface area contributed by atoms with E-state index >= 15 is 0 Å². The summed E-state index contributed by atoms with van der Waals surface area (Å²) in [6, 6.07) is 0. The lowest BCUT2D eigenvalue weighted by Gasteiger charge is -2.29. The predicted molar refractivity (Wildman–Crippen MR) is 61.0 cm³/mol. The molecule has 1 aliphatic heterocycles. The van der Waals surface area contributed by atoms with E-state index in [9.17, 15) is 0 Å². The van der Waals surface area contributed by atoms with E-state index in [-0.39, 0.29) is 24.0 Å². The molecule has 2 atom stereocenters. The third-order valence-electron chi connectivity index (χ3n) is 4.11. The molecule has 0 N–H and O–H groups in total. The minimum atomic E-state index is 0. The van der Waals surface area contributed by atoms with Crippen LogP contribution < -0.4 is 24.0 Å². The third-order valence-corrected chi connectivity index (χ3v) is 4.11. The number of nitrogens with zero attached hydrogens (tertiary/aromatic N) is 1. The number of fused-ring (bicyclic) bond motifs is 1. The topological polar surface area (TPSA) is 0 Å². The molecule has 0 aromatic carbocycles. The van der Waals surface area contributed by atoms with Crippen LogP contribution in [0.15, 0.2) is 12.2 Å². The molecule has 1 fully saturated rings. The minimum Gasteiger partial charge on any atom is -1.00 e. The van der Waals surface area contributed by atoms with Gasteiger partial charge in [0.2, 0.25) is 0 Å². The predicted octanol–water partition coefficient (Wildman–Crippen LogP) is -0.167. The van der Waals surface area contributed by atoms with E-state index in [0.717, 1.165) is 11.8 Å². The van der Waals surface area contributed by atoms with Gasteiger partial charge in [-0.05, 0) is 19.3 Å². The van der Waals surface area contributed by atoms with Crippen molar-refractivity contribution in [1.29, 1.82) is 0 Å². The van der Waals surface area contributed by atoms with E-state index in [0.29, 0.717) is 0 Å². The molecule has 1 heterocycles. The summed E-state index contributed by atoms with van der Waals surface area (Å²) in [5, 5.41) is 0. The highest BCUT2D eigenvalue weighted by molar-refractivity contribution is 4.96. The van der Waals surface area contributed by atoms with Gasteiger partial charge in [-0.2, -0.15) is 0 Å². The first kappa shape index (κ1) is 13.5. The molecule has 2 heteroatoms. The van der Waals surface area contributed by atoms with Crippen molar-refractivity contribution in [3.63, 3.8) is 0 Å². The standard InChI is InChI=1S/C13H24N.HI/c1-3-4-9-14(2)10-12-7-5-6-8-13(12)11-14;/h5-6,12-13H,3-4,7-11H2,1-2H3;1H/q+1;/p-1. The van der Waals surface area contributed by atoms with E-state index < -0.39 is 0 Å². The summed E-state index contributed by atoms with van der Waals surface area (Å²) in [4.78, 5) is 0. The second-order valence-corrected chi connectivity index (χ2v) is 5.52. The van der Waals surface area contributed by atoms with Gasteiger partial charge in [-0.3, -0.25) is 0 Å². The van der Waals surface area contributed by atoms with E-state index in [4.69, 9.17) is 0 Å². The molecule has 2 aliphatic rings. The van der Waals surface area contributed by atoms with Crippen molar-refractivity contribution in [2.24, 2.45) is 11.8 Å². The summed E-state index contributed by atoms with van der Waals surface area (Å²) in [5.74, 6) is 2.00. The van der Waals surface area contributed by atoms with Crippen LogP contribution in [0.5, 0.6) is 0 Å². The number of allylic oxidation sites excluding steroid dienone is 2. The Bertz CT molecular complexity index is 209. The van der Waals surface area contributed by atoms with Crippen molar-refractivity contribution in [2.45, 2.75) is 32.6 Å². The zero-order valence-electron chi connectivity index (χ0n) is 10.1. The number of hydrogen-bond acceptors (Lipinski definition) is 0. The molecular weight excluding hydrogens is 297 g/mol. The first-order valence-corrected chi connectivity index (χ1v) is 6.22. The lowest BCUT2D eigenvalue weighted by molar-refractivity contribution is -0.900. The van der Waals surface area contributed by atoms with Crippen LogP contribution in [-0.2, 0) is 0 Å². The Morgan fingerprint density at radius 2 is 1.67 bits per heavy atom. The van der Waals surface area contributed by atoms with Crippen molar-refractivity contribution in [3.8, 4) is 0 Å². The van der Waals surface area contributed by atoms with Gasteiger partial charge in [0.25, 0.3) is 0 Å². The quantitative estimate of drug-likeness (QED) is 0.385. The zero-order chi connectivity index (χ0) is 10.0. The van der Waals surface area contributed by atoms with Crippen LogP contribution >= 0.6 is 0 Å². The van der Waals surface area contributed by atoms with Crippen molar-refractivity contribution in [2.75, 3.05) is 26.7 Å². The number of quaternary nitrogens is 1. The van der Waals surface area contributed by atoms with Gasteiger partial charge in [-0.1, -0.05) is 25.5 Å². The zero-order valence-corrected chi connectivity index (χ0v) is 12.2. The summed E-state index contributed by atoms with van der Waals surface area (Å²) >= 11 is 0. The Labute approximate surface area is 112 Å². The highest BCUT2D eigenvalue weighted by Crippen LogP contribution is 2.36. The highest BCUT2D eigenvalue weighted by Gasteiger charge is 2.41. The molecule has 0 amide bonds. The molecule has 0 aromatic heterocycles. The summed E-state index contributed by atoms with van der Waals surface area (Å²) in [5.41, 5.74) is 0. The maximum absolute atomic E-state index is 2.47. The summed E-state index contributed by atoms with van der Waals surface area (Å²) < 4.78 is 1.35. The van der Waals surface area contributed by atoms with Gasteiger partial charge in [0.05, 0.1) is 26.7 Å². The van der Waals surface area contributed by atoms with Gasteiger partial charge in [-0.15, -0.1) is 0 Å². The smallest absolute Gasteiger partial charge is 0.0821 e. The molecule has 15 heavy (non-hydrogen) atoms. The second kappa shape index (κ2) is 5.67. The van der Waals surface area contributed by atoms with Crippen molar-refractivity contribution in [3.05, 3.63) is 12.2 Å². The van der Waals surface area contributed by atoms with Gasteiger partial charge < -0.3 is 28.5 Å². The molecule has 0 aromatic rings. The molecule has 0 radical (unpaired) electrons. The summed E-state index contributed by atoms with van der Waals surface area (Å²) in [6.07, 6.45) is 10.3. The fourth-order valence-corrected chi connectivity index (χ4v) is 3.30. The average Bonchev–Trinajstić information content (AvgIpc) is 2.51. The highest BCUT2D eigenvalue weighted by atomic mass is 127. The monoisotopic (exact) mass is 321 g/mol. The number of likely N-dealkylation sites (tertiary alicyclic amines) is 1. The molecule has 0 saturated carbocycles. The normalized spacial score (nSPS) is 38.5. The third kappa shape index (κ3) is 3.19. The van der Waals surface area contributed by atoms with E-state index in [1.165, 1.54) is 49.8 Å². The molecule has 0 bridgehead atoms. The maximum atomic E-state index is 2.47. The van der Waals surface area contributed by atoms with Gasteiger partial charge in [0, 0.05) is 11.8 Å². The van der Waals surface area contributed by atoms with Crippen LogP contribution in [0, 0.1) is 11.8 Å². The molecule has 1 aliphatic carbocycles. The van der Waals surface area contributed by atoms with E-state index in [2.05, 4.69) is 26.1 Å². The Morgan fingerprint density at radius 1 is 1.13 bits per heavy atom. The molecular formula is C13H24IN. The molecule has 0 spiro atoms. The molecule has 2 rings (SSSR count). The largest absolute Gasteiger partial charge is 1.00 e. The van der Waals surface area contributed by atoms with Crippen LogP contribution in [0.3, 0.4) is 0 Å². The Kier molecular flexibility index (Phi) is 5.10. The first-order valence-electron chi connectivity index (χ1n) is 6.22. The van der Waals surface area contributed by atoms with Crippen LogP contribution in [0.25, 0.3) is 0 Å². The second-order valence-electron chi connectivity index (χ2n) is 5.52. The van der Waals surface area contributed by atoms with Crippen molar-refractivity contribution in [1.82, 2.24) is 0 Å². The average molecular weight is 321 g/mol. The summed E-state index contributed by atoms with van der Waals surface area (Å²) in [6.45, 7) is 6.59. The Hall–Kier alpha value is 0.430. The van der Waals surface area contributed by atoms with Crippen LogP contribution in [0.1, 0.15) is 32.6 Å². The lowest BCUT2D eigenvalue weighted by atomic mass is 9.86. The maximum Gasteiger partial charge on any atom is 0.0821 e. The number of halogens is 1. The van der Waals surface area contributed by atoms with Crippen LogP contribution in [-0.4, -0.2) is 31.2 Å². The molecule has 1 saturated heterocycles. The SMILES string of the molecule is CCCC[N+]1(C)CC2CC=CCC2C1.[I-]. The fraction of sp³-hybridized carbons (Fsp3) is 0.846. The molecule has 1 nitrogen and oxygen atoms in total. The van der Waals surface area contributed by atoms with Gasteiger partial charge >= 0.3 is 0 Å². The van der Waals surface area contributed by atoms with Gasteiger partial charge in [0.1, 0.15) is 0 Å². The van der Waals surface area contributed by atoms with Gasteiger partial charge in [0.15, 0.2) is 0 Å².